The zero-order valence-corrected chi connectivity index (χ0v) is 13.6. The maximum atomic E-state index is 12.5. The molecule has 1 N–H and O–H groups in total. The molecule has 2 saturated heterocycles. The van der Waals surface area contributed by atoms with Crippen LogP contribution in [0.25, 0.3) is 0 Å². The molecule has 3 rings (SSSR count). The number of thiazole rings is 1. The van der Waals surface area contributed by atoms with Crippen molar-refractivity contribution in [2.24, 2.45) is 11.8 Å². The number of aromatic nitrogens is 1. The molecule has 2 bridgehead atoms. The Morgan fingerprint density at radius 3 is 2.50 bits per heavy atom. The van der Waals surface area contributed by atoms with Gasteiger partial charge < -0.3 is 20.0 Å². The normalized spacial score (nSPS) is 30.5. The first kappa shape index (κ1) is 15.4. The summed E-state index contributed by atoms with van der Waals surface area (Å²) in [6.45, 7) is 6.14. The van der Waals surface area contributed by atoms with Crippen LogP contribution >= 0.6 is 11.3 Å². The number of nitrogens with zero attached hydrogens (tertiary/aromatic N) is 1. The minimum atomic E-state index is -1.21. The van der Waals surface area contributed by atoms with Crippen molar-refractivity contribution >= 4 is 28.3 Å². The van der Waals surface area contributed by atoms with Crippen molar-refractivity contribution in [1.29, 1.82) is 0 Å². The molecule has 4 atom stereocenters. The maximum Gasteiger partial charge on any atom is 0.232 e. The Labute approximate surface area is 132 Å². The number of hydrogen-bond donors (Lipinski definition) is 1. The van der Waals surface area contributed by atoms with E-state index in [0.29, 0.717) is 11.6 Å². The van der Waals surface area contributed by atoms with Gasteiger partial charge in [0.25, 0.3) is 0 Å². The van der Waals surface area contributed by atoms with E-state index in [1.165, 1.54) is 11.3 Å². The largest absolute Gasteiger partial charge is 0.550 e. The van der Waals surface area contributed by atoms with Crippen molar-refractivity contribution < 1.29 is 19.4 Å². The third-order valence-corrected chi connectivity index (χ3v) is 5.11. The molecule has 0 aromatic carbocycles. The van der Waals surface area contributed by atoms with Gasteiger partial charge in [0.05, 0.1) is 23.8 Å². The number of carboxylic acids is 1. The topological polar surface area (TPSA) is 91.4 Å². The molecular weight excluding hydrogens is 304 g/mol. The molecule has 6 nitrogen and oxygen atoms in total. The van der Waals surface area contributed by atoms with Gasteiger partial charge in [0.2, 0.25) is 5.91 Å². The number of carboxylic acid groups (broad SMARTS) is 1. The smallest absolute Gasteiger partial charge is 0.232 e. The lowest BCUT2D eigenvalue weighted by molar-refractivity contribution is -0.313. The Hall–Kier alpha value is -1.47. The summed E-state index contributed by atoms with van der Waals surface area (Å²) in [6, 6.07) is 0. The van der Waals surface area contributed by atoms with Gasteiger partial charge in [0.15, 0.2) is 5.13 Å². The minimum absolute atomic E-state index is 0.0947. The lowest BCUT2D eigenvalue weighted by atomic mass is 9.79. The van der Waals surface area contributed by atoms with Crippen LogP contribution < -0.4 is 10.4 Å². The quantitative estimate of drug-likeness (QED) is 0.893. The summed E-state index contributed by atoms with van der Waals surface area (Å²) in [4.78, 5) is 28.2. The van der Waals surface area contributed by atoms with Gasteiger partial charge in [0.1, 0.15) is 0 Å². The minimum Gasteiger partial charge on any atom is -0.550 e. The fourth-order valence-corrected chi connectivity index (χ4v) is 4.11. The van der Waals surface area contributed by atoms with Gasteiger partial charge in [0, 0.05) is 22.7 Å². The summed E-state index contributed by atoms with van der Waals surface area (Å²) in [6.07, 6.45) is 0.679. The number of aliphatic carboxylic acids is 1. The fourth-order valence-electron chi connectivity index (χ4n) is 3.17. The molecule has 1 amide bonds. The van der Waals surface area contributed by atoms with Gasteiger partial charge in [-0.05, 0) is 12.8 Å². The van der Waals surface area contributed by atoms with E-state index in [-0.39, 0.29) is 17.4 Å². The van der Waals surface area contributed by atoms with Crippen LogP contribution in [0, 0.1) is 11.8 Å². The predicted octanol–water partition coefficient (Wildman–Crippen LogP) is 0.923. The van der Waals surface area contributed by atoms with Gasteiger partial charge in [-0.15, -0.1) is 11.3 Å². The molecule has 22 heavy (non-hydrogen) atoms. The third-order valence-electron chi connectivity index (χ3n) is 4.35. The Morgan fingerprint density at radius 2 is 1.95 bits per heavy atom. The van der Waals surface area contributed by atoms with E-state index in [9.17, 15) is 14.7 Å². The SMILES string of the molecule is CC(C)(C)c1csc(NC(=O)[C@@H]2[C@@H](C(=O)[O-])[C@@H]3CC[C@H]2O3)n1. The number of fused-ring (bicyclic) bond motifs is 2. The van der Waals surface area contributed by atoms with Gasteiger partial charge in [-0.1, -0.05) is 20.8 Å². The number of carbonyl (C=O) groups excluding carboxylic acids is 2. The van der Waals surface area contributed by atoms with Crippen LogP contribution in [-0.4, -0.2) is 29.1 Å². The number of ether oxygens (including phenoxy) is 1. The molecule has 7 heteroatoms. The molecule has 2 aliphatic heterocycles. The first-order valence-corrected chi connectivity index (χ1v) is 8.28. The van der Waals surface area contributed by atoms with Gasteiger partial charge >= 0.3 is 0 Å². The van der Waals surface area contributed by atoms with E-state index in [1.54, 1.807) is 0 Å². The van der Waals surface area contributed by atoms with Crippen molar-refractivity contribution in [2.45, 2.75) is 51.2 Å². The fraction of sp³-hybridized carbons (Fsp3) is 0.667. The molecule has 120 valence electrons. The van der Waals surface area contributed by atoms with E-state index in [1.807, 2.05) is 26.2 Å². The van der Waals surface area contributed by atoms with E-state index in [2.05, 4.69) is 10.3 Å². The summed E-state index contributed by atoms with van der Waals surface area (Å²) in [5.74, 6) is -3.09. The second kappa shape index (κ2) is 5.31. The predicted molar refractivity (Wildman–Crippen MR) is 79.3 cm³/mol. The number of rotatable bonds is 3. The summed E-state index contributed by atoms with van der Waals surface area (Å²) in [5.41, 5.74) is 0.802. The molecule has 0 aliphatic carbocycles. The lowest BCUT2D eigenvalue weighted by Gasteiger charge is -2.27. The average molecular weight is 323 g/mol. The van der Waals surface area contributed by atoms with E-state index >= 15 is 0 Å². The monoisotopic (exact) mass is 323 g/mol. The van der Waals surface area contributed by atoms with Crippen LogP contribution in [0.3, 0.4) is 0 Å². The first-order chi connectivity index (χ1) is 10.3. The van der Waals surface area contributed by atoms with E-state index in [4.69, 9.17) is 4.74 Å². The highest BCUT2D eigenvalue weighted by Crippen LogP contribution is 2.43. The second-order valence-electron chi connectivity index (χ2n) is 6.94. The number of anilines is 1. The first-order valence-electron chi connectivity index (χ1n) is 7.40. The van der Waals surface area contributed by atoms with Crippen molar-refractivity contribution in [3.05, 3.63) is 11.1 Å². The number of amides is 1. The number of nitrogens with one attached hydrogen (secondary N) is 1. The Balaban J connectivity index is 1.74. The molecule has 0 spiro atoms. The zero-order chi connectivity index (χ0) is 16.1. The van der Waals surface area contributed by atoms with Crippen LogP contribution in [-0.2, 0) is 19.7 Å². The standard InChI is InChI=1S/C15H20N2O4S/c1-15(2,3)9-6-22-14(16-9)17-12(18)10-7-4-5-8(21-7)11(10)13(19)20/h6-8,10-11H,4-5H2,1-3H3,(H,19,20)(H,16,17,18)/p-1/t7-,8+,10+,11+/m1/s1. The third kappa shape index (κ3) is 2.63. The van der Waals surface area contributed by atoms with Crippen molar-refractivity contribution in [3.8, 4) is 0 Å². The van der Waals surface area contributed by atoms with E-state index < -0.39 is 23.9 Å². The van der Waals surface area contributed by atoms with Crippen LogP contribution in [0.1, 0.15) is 39.3 Å². The van der Waals surface area contributed by atoms with Crippen molar-refractivity contribution in [2.75, 3.05) is 5.32 Å². The molecule has 1 aromatic rings. The second-order valence-corrected chi connectivity index (χ2v) is 7.80. The molecular formula is C15H19N2O4S-. The molecule has 3 heterocycles. The van der Waals surface area contributed by atoms with Crippen LogP contribution in [0.5, 0.6) is 0 Å². The molecule has 0 saturated carbocycles. The summed E-state index contributed by atoms with van der Waals surface area (Å²) in [5, 5.41) is 16.5. The zero-order valence-electron chi connectivity index (χ0n) is 12.8. The van der Waals surface area contributed by atoms with Gasteiger partial charge in [-0.25, -0.2) is 4.98 Å². The highest BCUT2D eigenvalue weighted by Gasteiger charge is 2.52. The highest BCUT2D eigenvalue weighted by molar-refractivity contribution is 7.13. The molecule has 2 fully saturated rings. The summed E-state index contributed by atoms with van der Waals surface area (Å²) < 4.78 is 5.58. The van der Waals surface area contributed by atoms with Crippen molar-refractivity contribution in [1.82, 2.24) is 4.98 Å². The Morgan fingerprint density at radius 1 is 1.32 bits per heavy atom. The van der Waals surface area contributed by atoms with Gasteiger partial charge in [-0.2, -0.15) is 0 Å². The van der Waals surface area contributed by atoms with Crippen LogP contribution in [0.15, 0.2) is 5.38 Å². The molecule has 1 aromatic heterocycles. The Bertz CT molecular complexity index is 607. The van der Waals surface area contributed by atoms with Crippen LogP contribution in [0.4, 0.5) is 5.13 Å². The molecule has 0 radical (unpaired) electrons. The Kier molecular flexibility index (Phi) is 3.72. The highest BCUT2D eigenvalue weighted by atomic mass is 32.1. The maximum absolute atomic E-state index is 12.5. The summed E-state index contributed by atoms with van der Waals surface area (Å²) >= 11 is 1.35. The average Bonchev–Trinajstić information content (AvgIpc) is 3.11. The number of carbonyl (C=O) groups is 2. The summed E-state index contributed by atoms with van der Waals surface area (Å²) in [7, 11) is 0. The molecule has 0 unspecified atom stereocenters. The van der Waals surface area contributed by atoms with Gasteiger partial charge in [-0.3, -0.25) is 4.79 Å². The van der Waals surface area contributed by atoms with Crippen LogP contribution in [0.2, 0.25) is 0 Å². The lowest BCUT2D eigenvalue weighted by Crippen LogP contribution is -2.46. The van der Waals surface area contributed by atoms with E-state index in [0.717, 1.165) is 12.1 Å². The van der Waals surface area contributed by atoms with Crippen molar-refractivity contribution in [3.63, 3.8) is 0 Å². The molecule has 2 aliphatic rings. The number of hydrogen-bond acceptors (Lipinski definition) is 6.